The van der Waals surface area contributed by atoms with Crippen molar-refractivity contribution in [3.63, 3.8) is 0 Å². The van der Waals surface area contributed by atoms with Gasteiger partial charge in [0.05, 0.1) is 10.6 Å². The van der Waals surface area contributed by atoms with Crippen LogP contribution in [0.2, 0.25) is 0 Å². The first kappa shape index (κ1) is 15.2. The minimum atomic E-state index is -3.14. The van der Waals surface area contributed by atoms with Crippen LogP contribution in [0, 0.1) is 5.92 Å². The van der Waals surface area contributed by atoms with Crippen LogP contribution in [0.1, 0.15) is 26.3 Å². The summed E-state index contributed by atoms with van der Waals surface area (Å²) in [5.41, 5.74) is 0.910. The molecule has 18 heavy (non-hydrogen) atoms. The molecule has 0 radical (unpaired) electrons. The smallest absolute Gasteiger partial charge is 0.178 e. The predicted octanol–water partition coefficient (Wildman–Crippen LogP) is 2.27. The molecular formula is C14H23NO2S. The monoisotopic (exact) mass is 269 g/mol. The molecule has 0 aliphatic carbocycles. The van der Waals surface area contributed by atoms with Gasteiger partial charge in [0.1, 0.15) is 0 Å². The Hall–Kier alpha value is -0.870. The predicted molar refractivity (Wildman–Crippen MR) is 75.6 cm³/mol. The molecule has 1 unspecified atom stereocenters. The van der Waals surface area contributed by atoms with E-state index in [2.05, 4.69) is 19.2 Å². The van der Waals surface area contributed by atoms with Gasteiger partial charge in [-0.1, -0.05) is 39.0 Å². The average molecular weight is 269 g/mol. The normalized spacial score (nSPS) is 13.8. The van der Waals surface area contributed by atoms with E-state index in [1.54, 1.807) is 19.1 Å². The molecule has 1 aromatic carbocycles. The molecule has 3 nitrogen and oxygen atoms in total. The van der Waals surface area contributed by atoms with Crippen molar-refractivity contribution in [1.82, 2.24) is 5.32 Å². The van der Waals surface area contributed by atoms with E-state index in [1.807, 2.05) is 19.2 Å². The maximum absolute atomic E-state index is 12.0. The van der Waals surface area contributed by atoms with E-state index in [4.69, 9.17) is 0 Å². The highest BCUT2D eigenvalue weighted by Crippen LogP contribution is 2.20. The van der Waals surface area contributed by atoms with Gasteiger partial charge in [-0.3, -0.25) is 0 Å². The van der Waals surface area contributed by atoms with Gasteiger partial charge in [0.2, 0.25) is 0 Å². The number of hydrogen-bond acceptors (Lipinski definition) is 3. The van der Waals surface area contributed by atoms with Crippen molar-refractivity contribution in [3.8, 4) is 0 Å². The minimum absolute atomic E-state index is 0.149. The Morgan fingerprint density at radius 2 is 1.83 bits per heavy atom. The van der Waals surface area contributed by atoms with Gasteiger partial charge >= 0.3 is 0 Å². The second-order valence-electron chi connectivity index (χ2n) is 4.85. The lowest BCUT2D eigenvalue weighted by atomic mass is 9.97. The molecule has 0 saturated heterocycles. The van der Waals surface area contributed by atoms with Crippen molar-refractivity contribution in [1.29, 1.82) is 0 Å². The lowest BCUT2D eigenvalue weighted by Crippen LogP contribution is -2.33. The Morgan fingerprint density at radius 1 is 1.22 bits per heavy atom. The summed E-state index contributed by atoms with van der Waals surface area (Å²) in [6.07, 6.45) is 0.740. The summed E-state index contributed by atoms with van der Waals surface area (Å²) in [5.74, 6) is 0.614. The average Bonchev–Trinajstić information content (AvgIpc) is 2.35. The Labute approximate surface area is 111 Å². The summed E-state index contributed by atoms with van der Waals surface area (Å²) >= 11 is 0. The standard InChI is InChI=1S/C14H23NO2S/c1-5-18(16,17)14-9-7-6-8-12(14)10-13(15-4)11(2)3/h6-9,11,13,15H,5,10H2,1-4H3. The third-order valence-electron chi connectivity index (χ3n) is 3.30. The van der Waals surface area contributed by atoms with Crippen molar-refractivity contribution >= 4 is 9.84 Å². The first-order chi connectivity index (χ1) is 8.42. The van der Waals surface area contributed by atoms with E-state index in [0.29, 0.717) is 16.9 Å². The number of nitrogens with one attached hydrogen (secondary N) is 1. The van der Waals surface area contributed by atoms with Crippen LogP contribution in [0.5, 0.6) is 0 Å². The summed E-state index contributed by atoms with van der Waals surface area (Å²) in [4.78, 5) is 0.480. The zero-order valence-electron chi connectivity index (χ0n) is 11.6. The highest BCUT2D eigenvalue weighted by atomic mass is 32.2. The van der Waals surface area contributed by atoms with Crippen LogP contribution in [-0.2, 0) is 16.3 Å². The number of rotatable bonds is 6. The third-order valence-corrected chi connectivity index (χ3v) is 5.13. The molecule has 1 N–H and O–H groups in total. The Kier molecular flexibility index (Phi) is 5.35. The summed E-state index contributed by atoms with van der Waals surface area (Å²) in [7, 11) is -1.22. The Bertz CT molecular complexity index is 480. The molecule has 0 saturated carbocycles. The lowest BCUT2D eigenvalue weighted by Gasteiger charge is -2.21. The molecule has 0 amide bonds. The van der Waals surface area contributed by atoms with E-state index in [9.17, 15) is 8.42 Å². The quantitative estimate of drug-likeness (QED) is 0.861. The van der Waals surface area contributed by atoms with E-state index in [1.165, 1.54) is 0 Å². The first-order valence-electron chi connectivity index (χ1n) is 6.40. The Morgan fingerprint density at radius 3 is 2.33 bits per heavy atom. The molecule has 0 heterocycles. The maximum atomic E-state index is 12.0. The fourth-order valence-corrected chi connectivity index (χ4v) is 3.19. The van der Waals surface area contributed by atoms with Gasteiger partial charge in [0.25, 0.3) is 0 Å². The second kappa shape index (κ2) is 6.34. The van der Waals surface area contributed by atoms with Crippen LogP contribution in [0.15, 0.2) is 29.2 Å². The van der Waals surface area contributed by atoms with Gasteiger partial charge in [-0.2, -0.15) is 0 Å². The van der Waals surface area contributed by atoms with Gasteiger partial charge < -0.3 is 5.32 Å². The van der Waals surface area contributed by atoms with Crippen molar-refractivity contribution in [3.05, 3.63) is 29.8 Å². The van der Waals surface area contributed by atoms with Crippen molar-refractivity contribution in [2.45, 2.75) is 38.1 Å². The molecule has 0 aliphatic heterocycles. The lowest BCUT2D eigenvalue weighted by molar-refractivity contribution is 0.422. The highest BCUT2D eigenvalue weighted by molar-refractivity contribution is 7.91. The molecule has 1 atom stereocenters. The molecule has 102 valence electrons. The number of hydrogen-bond donors (Lipinski definition) is 1. The van der Waals surface area contributed by atoms with Gasteiger partial charge in [0, 0.05) is 6.04 Å². The molecule has 1 rings (SSSR count). The van der Waals surface area contributed by atoms with Crippen LogP contribution in [0.25, 0.3) is 0 Å². The molecule has 0 fully saturated rings. The SMILES string of the molecule is CCS(=O)(=O)c1ccccc1CC(NC)C(C)C. The Balaban J connectivity index is 3.11. The highest BCUT2D eigenvalue weighted by Gasteiger charge is 2.19. The second-order valence-corrected chi connectivity index (χ2v) is 7.10. The van der Waals surface area contributed by atoms with Crippen molar-refractivity contribution < 1.29 is 8.42 Å². The largest absolute Gasteiger partial charge is 0.316 e. The van der Waals surface area contributed by atoms with Crippen LogP contribution in [0.3, 0.4) is 0 Å². The van der Waals surface area contributed by atoms with Crippen molar-refractivity contribution in [2.24, 2.45) is 5.92 Å². The fraction of sp³-hybridized carbons (Fsp3) is 0.571. The fourth-order valence-electron chi connectivity index (χ4n) is 2.04. The molecule has 0 aromatic heterocycles. The molecule has 0 bridgehead atoms. The topological polar surface area (TPSA) is 46.2 Å². The van der Waals surface area contributed by atoms with Crippen LogP contribution in [-0.4, -0.2) is 27.3 Å². The van der Waals surface area contributed by atoms with E-state index in [0.717, 1.165) is 12.0 Å². The number of sulfone groups is 1. The first-order valence-corrected chi connectivity index (χ1v) is 8.05. The summed E-state index contributed by atoms with van der Waals surface area (Å²) in [5, 5.41) is 3.25. The number of likely N-dealkylation sites (N-methyl/N-ethyl adjacent to an activating group) is 1. The van der Waals surface area contributed by atoms with Crippen molar-refractivity contribution in [2.75, 3.05) is 12.8 Å². The van der Waals surface area contributed by atoms with Crippen LogP contribution in [0.4, 0.5) is 0 Å². The number of benzene rings is 1. The maximum Gasteiger partial charge on any atom is 0.178 e. The van der Waals surface area contributed by atoms with E-state index < -0.39 is 9.84 Å². The van der Waals surface area contributed by atoms with Gasteiger partial charge in [-0.25, -0.2) is 8.42 Å². The summed E-state index contributed by atoms with van der Waals surface area (Å²) in [6, 6.07) is 7.60. The van der Waals surface area contributed by atoms with Crippen LogP contribution >= 0.6 is 0 Å². The molecular weight excluding hydrogens is 246 g/mol. The third kappa shape index (κ3) is 3.56. The minimum Gasteiger partial charge on any atom is -0.316 e. The molecule has 0 aliphatic rings. The van der Waals surface area contributed by atoms with Crippen LogP contribution < -0.4 is 5.32 Å². The van der Waals surface area contributed by atoms with E-state index >= 15 is 0 Å². The zero-order chi connectivity index (χ0) is 13.8. The van der Waals surface area contributed by atoms with Gasteiger partial charge in [0.15, 0.2) is 9.84 Å². The zero-order valence-corrected chi connectivity index (χ0v) is 12.4. The molecule has 1 aromatic rings. The van der Waals surface area contributed by atoms with Gasteiger partial charge in [-0.05, 0) is 31.0 Å². The summed E-state index contributed by atoms with van der Waals surface area (Å²) < 4.78 is 24.1. The van der Waals surface area contributed by atoms with Gasteiger partial charge in [-0.15, -0.1) is 0 Å². The van der Waals surface area contributed by atoms with E-state index in [-0.39, 0.29) is 5.75 Å². The molecule has 4 heteroatoms. The summed E-state index contributed by atoms with van der Waals surface area (Å²) in [6.45, 7) is 5.96. The molecule has 0 spiro atoms.